The molecule has 0 aliphatic carbocycles. The highest BCUT2D eigenvalue weighted by molar-refractivity contribution is 7.92. The number of amides is 2. The number of nitrogens with zero attached hydrogens (tertiary/aromatic N) is 2. The summed E-state index contributed by atoms with van der Waals surface area (Å²) in [6.07, 6.45) is 2.33. The summed E-state index contributed by atoms with van der Waals surface area (Å²) in [5.74, 6) is 0.546. The highest BCUT2D eigenvalue weighted by Crippen LogP contribution is 2.33. The van der Waals surface area contributed by atoms with E-state index in [-0.39, 0.29) is 23.3 Å². The molecule has 0 saturated heterocycles. The van der Waals surface area contributed by atoms with Gasteiger partial charge in [0.25, 0.3) is 21.8 Å². The van der Waals surface area contributed by atoms with Gasteiger partial charge in [-0.05, 0) is 97.1 Å². The van der Waals surface area contributed by atoms with Crippen LogP contribution in [0.15, 0.2) is 95.9 Å². The van der Waals surface area contributed by atoms with Gasteiger partial charge >= 0.3 is 0 Å². The number of fused-ring (bicyclic) bond motifs is 2. The molecule has 2 aliphatic rings. The molecule has 220 valence electrons. The zero-order chi connectivity index (χ0) is 30.0. The van der Waals surface area contributed by atoms with Gasteiger partial charge < -0.3 is 19.7 Å². The molecule has 43 heavy (non-hydrogen) atoms. The van der Waals surface area contributed by atoms with Gasteiger partial charge in [-0.25, -0.2) is 8.42 Å². The van der Waals surface area contributed by atoms with Gasteiger partial charge in [0.1, 0.15) is 11.5 Å². The molecule has 4 aromatic carbocycles. The van der Waals surface area contributed by atoms with Crippen molar-refractivity contribution in [1.82, 2.24) is 0 Å². The van der Waals surface area contributed by atoms with Crippen LogP contribution in [0.1, 0.15) is 27.9 Å². The van der Waals surface area contributed by atoms with Crippen LogP contribution in [0.2, 0.25) is 0 Å². The van der Waals surface area contributed by atoms with Gasteiger partial charge in [0, 0.05) is 30.0 Å². The predicted molar refractivity (Wildman–Crippen MR) is 165 cm³/mol. The first-order chi connectivity index (χ1) is 20.8. The van der Waals surface area contributed by atoms with Crippen molar-refractivity contribution in [1.29, 1.82) is 0 Å². The number of ether oxygens (including phenoxy) is 2. The van der Waals surface area contributed by atoms with Crippen molar-refractivity contribution < 1.29 is 27.5 Å². The van der Waals surface area contributed by atoms with Gasteiger partial charge in [0.15, 0.2) is 6.61 Å². The lowest BCUT2D eigenvalue weighted by molar-refractivity contribution is -0.118. The molecule has 1 N–H and O–H groups in total. The first-order valence-electron chi connectivity index (χ1n) is 14.1. The number of rotatable bonds is 8. The molecule has 9 nitrogen and oxygen atoms in total. The molecule has 0 fully saturated rings. The zero-order valence-corrected chi connectivity index (χ0v) is 24.5. The number of benzene rings is 4. The highest BCUT2D eigenvalue weighted by Gasteiger charge is 2.29. The Morgan fingerprint density at radius 1 is 0.814 bits per heavy atom. The molecule has 0 spiro atoms. The third-order valence-corrected chi connectivity index (χ3v) is 9.52. The van der Waals surface area contributed by atoms with Gasteiger partial charge in [-0.2, -0.15) is 0 Å². The average Bonchev–Trinajstić information content (AvgIpc) is 3.46. The van der Waals surface area contributed by atoms with Crippen LogP contribution in [-0.2, 0) is 27.7 Å². The first kappa shape index (κ1) is 28.3. The first-order valence-corrected chi connectivity index (χ1v) is 15.5. The summed E-state index contributed by atoms with van der Waals surface area (Å²) < 4.78 is 39.0. The summed E-state index contributed by atoms with van der Waals surface area (Å²) in [6.45, 7) is 0.710. The summed E-state index contributed by atoms with van der Waals surface area (Å²) in [4.78, 5) is 27.7. The van der Waals surface area contributed by atoms with Gasteiger partial charge in [-0.15, -0.1) is 0 Å². The van der Waals surface area contributed by atoms with E-state index in [2.05, 4.69) is 5.32 Å². The molecule has 4 aromatic rings. The van der Waals surface area contributed by atoms with Crippen LogP contribution in [0.3, 0.4) is 0 Å². The quantitative estimate of drug-likeness (QED) is 0.305. The van der Waals surface area contributed by atoms with E-state index >= 15 is 0 Å². The van der Waals surface area contributed by atoms with Gasteiger partial charge in [0.2, 0.25) is 0 Å². The Hall–Kier alpha value is -4.83. The third-order valence-electron chi connectivity index (χ3n) is 7.70. The topological polar surface area (TPSA) is 105 Å². The monoisotopic (exact) mass is 597 g/mol. The number of methoxy groups -OCH3 is 1. The van der Waals surface area contributed by atoms with Crippen molar-refractivity contribution in [2.45, 2.75) is 24.2 Å². The van der Waals surface area contributed by atoms with Crippen molar-refractivity contribution >= 4 is 38.9 Å². The molecule has 0 aromatic heterocycles. The standard InChI is InChI=1S/C33H31N3O6S/c1-41-27-12-9-25(10-13-27)33(38)35-20-18-24-8-11-26(21-31(24)35)34-32(37)22-42-28-14-16-29(17-15-28)43(39,40)36-19-4-6-23-5-2-3-7-30(23)36/h2-3,5,7-17,21H,4,6,18-20,22H2,1H3,(H,34,37). The maximum atomic E-state index is 13.4. The number of anilines is 3. The van der Waals surface area contributed by atoms with Crippen molar-refractivity contribution in [2.24, 2.45) is 0 Å². The zero-order valence-electron chi connectivity index (χ0n) is 23.7. The number of sulfonamides is 1. The summed E-state index contributed by atoms with van der Waals surface area (Å²) in [6, 6.07) is 26.1. The van der Waals surface area contributed by atoms with Crippen LogP contribution in [0.4, 0.5) is 17.1 Å². The Morgan fingerprint density at radius 2 is 1.53 bits per heavy atom. The van der Waals surface area contributed by atoms with Crippen LogP contribution in [-0.4, -0.2) is 47.0 Å². The highest BCUT2D eigenvalue weighted by atomic mass is 32.2. The Bertz CT molecular complexity index is 1770. The van der Waals surface area contributed by atoms with Crippen LogP contribution >= 0.6 is 0 Å². The lowest BCUT2D eigenvalue weighted by Gasteiger charge is -2.30. The minimum absolute atomic E-state index is 0.122. The second-order valence-corrected chi connectivity index (χ2v) is 12.3. The minimum Gasteiger partial charge on any atom is -0.497 e. The fourth-order valence-electron chi connectivity index (χ4n) is 5.49. The predicted octanol–water partition coefficient (Wildman–Crippen LogP) is 5.06. The van der Waals surface area contributed by atoms with E-state index in [1.165, 1.54) is 16.4 Å². The molecule has 2 amide bonds. The van der Waals surface area contributed by atoms with Crippen LogP contribution < -0.4 is 24.0 Å². The van der Waals surface area contributed by atoms with Crippen LogP contribution in [0.5, 0.6) is 11.5 Å². The van der Waals surface area contributed by atoms with Crippen molar-refractivity contribution in [3.8, 4) is 11.5 Å². The SMILES string of the molecule is COc1ccc(C(=O)N2CCc3ccc(NC(=O)COc4ccc(S(=O)(=O)N5CCCc6ccccc65)cc4)cc32)cc1. The van der Waals surface area contributed by atoms with Crippen LogP contribution in [0.25, 0.3) is 0 Å². The second-order valence-electron chi connectivity index (χ2n) is 10.4. The molecule has 6 rings (SSSR count). The molecule has 0 saturated carbocycles. The lowest BCUT2D eigenvalue weighted by Crippen LogP contribution is -2.35. The van der Waals surface area contributed by atoms with E-state index in [1.807, 2.05) is 30.3 Å². The van der Waals surface area contributed by atoms with E-state index in [0.717, 1.165) is 36.1 Å². The fraction of sp³-hybridized carbons (Fsp3) is 0.212. The van der Waals surface area contributed by atoms with Crippen molar-refractivity contribution in [3.63, 3.8) is 0 Å². The maximum absolute atomic E-state index is 13.4. The number of aryl methyl sites for hydroxylation is 1. The van der Waals surface area contributed by atoms with E-state index in [9.17, 15) is 18.0 Å². The largest absolute Gasteiger partial charge is 0.497 e. The molecular weight excluding hydrogens is 566 g/mol. The number of nitrogens with one attached hydrogen (secondary N) is 1. The third kappa shape index (κ3) is 5.78. The van der Waals surface area contributed by atoms with Gasteiger partial charge in [-0.3, -0.25) is 13.9 Å². The van der Waals surface area contributed by atoms with Gasteiger partial charge in [-0.1, -0.05) is 24.3 Å². The number of hydrogen-bond acceptors (Lipinski definition) is 6. The summed E-state index contributed by atoms with van der Waals surface area (Å²) >= 11 is 0. The molecule has 0 unspecified atom stereocenters. The maximum Gasteiger partial charge on any atom is 0.264 e. The van der Waals surface area contributed by atoms with E-state index in [4.69, 9.17) is 9.47 Å². The molecule has 2 aliphatic heterocycles. The summed E-state index contributed by atoms with van der Waals surface area (Å²) in [7, 11) is -2.16. The number of carbonyl (C=O) groups excluding carboxylic acids is 2. The Morgan fingerprint density at radius 3 is 2.30 bits per heavy atom. The smallest absolute Gasteiger partial charge is 0.264 e. The molecule has 2 heterocycles. The fourth-order valence-corrected chi connectivity index (χ4v) is 7.03. The Kier molecular flexibility index (Phi) is 7.77. The average molecular weight is 598 g/mol. The number of para-hydroxylation sites is 1. The van der Waals surface area contributed by atoms with Crippen molar-refractivity contribution in [3.05, 3.63) is 108 Å². The van der Waals surface area contributed by atoms with E-state index < -0.39 is 10.0 Å². The Balaban J connectivity index is 1.08. The number of hydrogen-bond donors (Lipinski definition) is 1. The normalized spacial score (nSPS) is 14.1. The molecular formula is C33H31N3O6S. The van der Waals surface area contributed by atoms with Gasteiger partial charge in [0.05, 0.1) is 17.7 Å². The second kappa shape index (κ2) is 11.8. The van der Waals surface area contributed by atoms with Crippen LogP contribution in [0, 0.1) is 0 Å². The summed E-state index contributed by atoms with van der Waals surface area (Å²) in [5.41, 5.74) is 4.61. The number of carbonyl (C=O) groups is 2. The molecule has 0 bridgehead atoms. The lowest BCUT2D eigenvalue weighted by atomic mass is 10.0. The molecule has 10 heteroatoms. The van der Waals surface area contributed by atoms with E-state index in [1.54, 1.807) is 60.5 Å². The van der Waals surface area contributed by atoms with E-state index in [0.29, 0.717) is 41.5 Å². The molecule has 0 radical (unpaired) electrons. The van der Waals surface area contributed by atoms with Crippen molar-refractivity contribution in [2.75, 3.05) is 41.3 Å². The molecule has 0 atom stereocenters. The minimum atomic E-state index is -3.74. The Labute approximate surface area is 250 Å². The summed E-state index contributed by atoms with van der Waals surface area (Å²) in [5, 5.41) is 2.82.